The maximum absolute atomic E-state index is 13.1. The summed E-state index contributed by atoms with van der Waals surface area (Å²) < 4.78 is 45.3. The normalized spacial score (nSPS) is 11.9. The third-order valence-corrected chi connectivity index (χ3v) is 3.83. The van der Waals surface area contributed by atoms with E-state index in [0.717, 1.165) is 6.20 Å². The lowest BCUT2D eigenvalue weighted by molar-refractivity contribution is -0.220. The number of anilines is 2. The van der Waals surface area contributed by atoms with E-state index in [2.05, 4.69) is 19.8 Å². The number of hydrogen-bond donors (Lipinski definition) is 2. The van der Waals surface area contributed by atoms with E-state index in [0.29, 0.717) is 16.8 Å². The Bertz CT molecular complexity index is 1010. The van der Waals surface area contributed by atoms with Crippen molar-refractivity contribution in [1.29, 1.82) is 5.26 Å². The molecule has 30 heavy (non-hydrogen) atoms. The monoisotopic (exact) mass is 419 g/mol. The zero-order valence-electron chi connectivity index (χ0n) is 16.3. The van der Waals surface area contributed by atoms with Gasteiger partial charge in [0, 0.05) is 35.3 Å². The van der Waals surface area contributed by atoms with E-state index in [9.17, 15) is 13.2 Å². The Morgan fingerprint density at radius 1 is 1.17 bits per heavy atom. The molecule has 0 aliphatic rings. The summed E-state index contributed by atoms with van der Waals surface area (Å²) >= 11 is 0. The first kappa shape index (κ1) is 22.6. The molecule has 0 bridgehead atoms. The van der Waals surface area contributed by atoms with Crippen molar-refractivity contribution in [3.63, 3.8) is 0 Å². The van der Waals surface area contributed by atoms with E-state index in [4.69, 9.17) is 16.7 Å². The molecule has 3 rings (SSSR count). The van der Waals surface area contributed by atoms with Crippen molar-refractivity contribution in [2.24, 2.45) is 0 Å². The maximum atomic E-state index is 13.1. The van der Waals surface area contributed by atoms with Crippen molar-refractivity contribution in [2.45, 2.75) is 26.1 Å². The fraction of sp³-hybridized carbons (Fsp3) is 0.263. The van der Waals surface area contributed by atoms with E-state index < -0.39 is 18.9 Å². The molecule has 3 heterocycles. The minimum absolute atomic E-state index is 0.184. The molecule has 3 aromatic rings. The van der Waals surface area contributed by atoms with Crippen LogP contribution >= 0.6 is 0 Å². The summed E-state index contributed by atoms with van der Waals surface area (Å²) in [5.74, 6) is 0.472. The van der Waals surface area contributed by atoms with Crippen LogP contribution in [0.4, 0.5) is 24.7 Å². The summed E-state index contributed by atoms with van der Waals surface area (Å²) in [6, 6.07) is 5.78. The number of nitrogens with zero attached hydrogens (tertiary/aromatic N) is 5. The zero-order chi connectivity index (χ0) is 22.3. The first-order valence-electron chi connectivity index (χ1n) is 8.88. The molecule has 11 heteroatoms. The second-order valence-electron chi connectivity index (χ2n) is 5.67. The number of aromatic nitrogens is 4. The molecule has 0 amide bonds. The second-order valence-corrected chi connectivity index (χ2v) is 5.67. The molecule has 1 atom stereocenters. The molecule has 0 aliphatic carbocycles. The molecule has 4 N–H and O–H groups in total. The first-order valence-corrected chi connectivity index (χ1v) is 8.88. The van der Waals surface area contributed by atoms with Gasteiger partial charge in [0.1, 0.15) is 12.4 Å². The average Bonchev–Trinajstić information content (AvgIpc) is 3.21. The van der Waals surface area contributed by atoms with Gasteiger partial charge in [-0.3, -0.25) is 0 Å². The summed E-state index contributed by atoms with van der Waals surface area (Å²) in [6.45, 7) is 3.31. The summed E-state index contributed by atoms with van der Waals surface area (Å²) in [4.78, 5) is 7.89. The summed E-state index contributed by atoms with van der Waals surface area (Å²) in [7, 11) is 0. The van der Waals surface area contributed by atoms with Crippen LogP contribution in [0.15, 0.2) is 43.0 Å². The molecule has 3 aromatic heterocycles. The molecule has 0 saturated heterocycles. The van der Waals surface area contributed by atoms with Crippen LogP contribution in [0.1, 0.15) is 25.5 Å². The SMILES string of the molecule is CC.N#CCOC(c1ccc(-n2cc(-c3ccnc(N)c3N)cn2)nc1)C(F)(F)F. The van der Waals surface area contributed by atoms with Crippen LogP contribution in [-0.4, -0.2) is 32.5 Å². The molecule has 0 aromatic carbocycles. The Labute approximate surface area is 170 Å². The Hall–Kier alpha value is -3.65. The van der Waals surface area contributed by atoms with Gasteiger partial charge in [-0.05, 0) is 12.1 Å². The Balaban J connectivity index is 0.00000155. The number of pyridine rings is 2. The van der Waals surface area contributed by atoms with Crippen LogP contribution in [0.2, 0.25) is 0 Å². The van der Waals surface area contributed by atoms with E-state index >= 15 is 0 Å². The highest BCUT2D eigenvalue weighted by Crippen LogP contribution is 2.35. The van der Waals surface area contributed by atoms with Gasteiger partial charge >= 0.3 is 6.18 Å². The third-order valence-electron chi connectivity index (χ3n) is 3.83. The third kappa shape index (κ3) is 5.03. The van der Waals surface area contributed by atoms with Crippen LogP contribution in [0.25, 0.3) is 16.9 Å². The Kier molecular flexibility index (Phi) is 7.32. The first-order chi connectivity index (χ1) is 14.3. The van der Waals surface area contributed by atoms with Gasteiger partial charge in [0.25, 0.3) is 0 Å². The van der Waals surface area contributed by atoms with Gasteiger partial charge in [0.15, 0.2) is 11.9 Å². The standard InChI is InChI=1S/C17H14F3N7O.C2H6/c18-17(19,20)15(28-6-4-21)10-1-2-13(25-7-10)27-9-11(8-26-27)12-3-5-24-16(23)14(12)22;1-2/h1-3,5,7-9,15H,6,22H2,(H2,23,24);1-2H3. The fourth-order valence-corrected chi connectivity index (χ4v) is 2.52. The van der Waals surface area contributed by atoms with E-state index in [1.807, 2.05) is 13.8 Å². The van der Waals surface area contributed by atoms with Crippen molar-refractivity contribution in [2.75, 3.05) is 18.1 Å². The molecule has 8 nitrogen and oxygen atoms in total. The number of ether oxygens (including phenoxy) is 1. The van der Waals surface area contributed by atoms with Crippen LogP contribution in [-0.2, 0) is 4.74 Å². The molecule has 0 aliphatic heterocycles. The number of rotatable bonds is 5. The maximum Gasteiger partial charge on any atom is 0.418 e. The fourth-order valence-electron chi connectivity index (χ4n) is 2.52. The van der Waals surface area contributed by atoms with Crippen molar-refractivity contribution in [1.82, 2.24) is 19.7 Å². The summed E-state index contributed by atoms with van der Waals surface area (Å²) in [5.41, 5.74) is 12.9. The highest BCUT2D eigenvalue weighted by atomic mass is 19.4. The number of halogens is 3. The number of hydrogen-bond acceptors (Lipinski definition) is 7. The number of nitrogens with two attached hydrogens (primary N) is 2. The lowest BCUT2D eigenvalue weighted by atomic mass is 10.1. The van der Waals surface area contributed by atoms with Crippen molar-refractivity contribution in [3.05, 3.63) is 48.5 Å². The molecule has 0 radical (unpaired) electrons. The molecular formula is C19H20F3N7O. The minimum Gasteiger partial charge on any atom is -0.395 e. The van der Waals surface area contributed by atoms with E-state index in [1.54, 1.807) is 12.3 Å². The van der Waals surface area contributed by atoms with Gasteiger partial charge in [-0.25, -0.2) is 14.6 Å². The van der Waals surface area contributed by atoms with Crippen LogP contribution in [0.3, 0.4) is 0 Å². The molecular weight excluding hydrogens is 399 g/mol. The lowest BCUT2D eigenvalue weighted by Crippen LogP contribution is -2.24. The topological polar surface area (TPSA) is 129 Å². The zero-order valence-corrected chi connectivity index (χ0v) is 16.3. The smallest absolute Gasteiger partial charge is 0.395 e. The van der Waals surface area contributed by atoms with Crippen LogP contribution < -0.4 is 11.5 Å². The summed E-state index contributed by atoms with van der Waals surface area (Å²) in [6.07, 6.45) is -1.23. The van der Waals surface area contributed by atoms with Gasteiger partial charge in [-0.2, -0.15) is 23.5 Å². The van der Waals surface area contributed by atoms with Gasteiger partial charge in [0.2, 0.25) is 0 Å². The minimum atomic E-state index is -4.67. The quantitative estimate of drug-likeness (QED) is 0.646. The van der Waals surface area contributed by atoms with Gasteiger partial charge in [-0.1, -0.05) is 19.9 Å². The van der Waals surface area contributed by atoms with E-state index in [-0.39, 0.29) is 17.2 Å². The second kappa shape index (κ2) is 9.71. The number of nitrogen functional groups attached to an aromatic ring is 2. The summed E-state index contributed by atoms with van der Waals surface area (Å²) in [5, 5.41) is 12.6. The molecule has 158 valence electrons. The molecule has 0 spiro atoms. The van der Waals surface area contributed by atoms with Crippen molar-refractivity contribution < 1.29 is 17.9 Å². The predicted molar refractivity (Wildman–Crippen MR) is 105 cm³/mol. The Morgan fingerprint density at radius 2 is 1.90 bits per heavy atom. The highest BCUT2D eigenvalue weighted by molar-refractivity contribution is 5.81. The van der Waals surface area contributed by atoms with Crippen LogP contribution in [0, 0.1) is 11.3 Å². The highest BCUT2D eigenvalue weighted by Gasteiger charge is 2.42. The van der Waals surface area contributed by atoms with Crippen LogP contribution in [0.5, 0.6) is 0 Å². The van der Waals surface area contributed by atoms with Crippen molar-refractivity contribution in [3.8, 4) is 23.0 Å². The molecule has 0 saturated carbocycles. The average molecular weight is 419 g/mol. The van der Waals surface area contributed by atoms with Crippen molar-refractivity contribution >= 4 is 11.5 Å². The van der Waals surface area contributed by atoms with Gasteiger partial charge in [-0.15, -0.1) is 0 Å². The van der Waals surface area contributed by atoms with Gasteiger partial charge in [0.05, 0.1) is 18.0 Å². The number of alkyl halides is 3. The predicted octanol–water partition coefficient (Wildman–Crippen LogP) is 3.66. The molecule has 0 fully saturated rings. The number of nitriles is 1. The molecule has 1 unspecified atom stereocenters. The van der Waals surface area contributed by atoms with Gasteiger partial charge < -0.3 is 16.2 Å². The van der Waals surface area contributed by atoms with E-state index in [1.165, 1.54) is 35.3 Å². The largest absolute Gasteiger partial charge is 0.418 e. The Morgan fingerprint density at radius 3 is 2.50 bits per heavy atom. The lowest BCUT2D eigenvalue weighted by Gasteiger charge is -2.19.